The maximum Gasteiger partial charge on any atom is 0.252 e. The molecule has 20 heteroatoms. The Bertz CT molecular complexity index is 3310. The molecule has 0 radical (unpaired) electrons. The first-order valence-corrected chi connectivity index (χ1v) is 30.5. The first-order valence-electron chi connectivity index (χ1n) is 30.5. The number of pyridine rings is 4. The highest BCUT2D eigenvalue weighted by Gasteiger charge is 2.57. The number of likely N-dealkylation sites (tertiary alicyclic amines) is 2. The van der Waals surface area contributed by atoms with E-state index in [4.69, 9.17) is 48.9 Å². The minimum Gasteiger partial charge on any atom is -0.381 e. The van der Waals surface area contributed by atoms with Gasteiger partial charge in [-0.1, -0.05) is 26.0 Å². The lowest BCUT2D eigenvalue weighted by Gasteiger charge is -2.46. The molecule has 0 bridgehead atoms. The highest BCUT2D eigenvalue weighted by molar-refractivity contribution is 5.72. The Morgan fingerprint density at radius 3 is 1.35 bits per heavy atom. The topological polar surface area (TPSA) is 195 Å². The van der Waals surface area contributed by atoms with Gasteiger partial charge in [-0.2, -0.15) is 9.97 Å². The molecule has 0 saturated carbocycles. The number of rotatable bonds is 10. The predicted octanol–water partition coefficient (Wildman–Crippen LogP) is 10.2. The molecule has 0 spiro atoms. The van der Waals surface area contributed by atoms with E-state index in [-0.39, 0.29) is 60.2 Å². The van der Waals surface area contributed by atoms with Crippen molar-refractivity contribution in [2.45, 2.75) is 164 Å². The Morgan fingerprint density at radius 1 is 0.548 bits per heavy atom. The summed E-state index contributed by atoms with van der Waals surface area (Å²) < 4.78 is 27.3. The third-order valence-corrected chi connectivity index (χ3v) is 19.5. The van der Waals surface area contributed by atoms with E-state index in [0.29, 0.717) is 75.0 Å². The van der Waals surface area contributed by atoms with Gasteiger partial charge in [0.1, 0.15) is 23.3 Å². The molecule has 0 aliphatic carbocycles. The second kappa shape index (κ2) is 22.3. The zero-order valence-electron chi connectivity index (χ0n) is 50.1. The fraction of sp³-hybridized carbons (Fsp3) is 0.562. The van der Waals surface area contributed by atoms with Crippen LogP contribution in [0, 0.1) is 0 Å². The van der Waals surface area contributed by atoms with Crippen molar-refractivity contribution in [2.75, 3.05) is 87.3 Å². The first kappa shape index (κ1) is 56.5. The lowest BCUT2D eigenvalue weighted by molar-refractivity contribution is -0.0895. The van der Waals surface area contributed by atoms with Crippen LogP contribution in [0.2, 0.25) is 0 Å². The van der Waals surface area contributed by atoms with Gasteiger partial charge in [0.25, 0.3) is 11.1 Å². The zero-order chi connectivity index (χ0) is 58.1. The minimum absolute atomic E-state index is 0. The van der Waals surface area contributed by atoms with Crippen molar-refractivity contribution in [3.63, 3.8) is 0 Å². The lowest BCUT2D eigenvalue weighted by Crippen LogP contribution is -2.54. The SMILES string of the molecule is CN1CCC[C@@H]1c1cccc(N2c3nc(Nc4ccn(C5CCOCC5)c(=O)c4)ncc3[C@@]3(C)COC(C)(C)C[C@@H]23)n1.CN1CCC[C@H]1c1cccc(N2c3nc(Nc4ccn(C5CCOCC5)c(=O)c4)ncc3[C@@]3(C)COC(C)(C)C[C@@H]23)n1.[HH].[HH]. The van der Waals surface area contributed by atoms with Crippen LogP contribution in [-0.4, -0.2) is 139 Å². The lowest BCUT2D eigenvalue weighted by atomic mass is 9.73. The number of aromatic nitrogens is 8. The highest BCUT2D eigenvalue weighted by atomic mass is 16.5. The van der Waals surface area contributed by atoms with E-state index in [0.717, 1.165) is 110 Å². The summed E-state index contributed by atoms with van der Waals surface area (Å²) in [6, 6.07) is 21.1. The Kier molecular flexibility index (Phi) is 15.0. The van der Waals surface area contributed by atoms with Gasteiger partial charge in [-0.25, -0.2) is 19.9 Å². The monoisotopic (exact) mass is 1150 g/mol. The molecular formula is C64H86N14O6. The Morgan fingerprint density at radius 2 is 0.964 bits per heavy atom. The number of nitrogens with one attached hydrogen (secondary N) is 2. The summed E-state index contributed by atoms with van der Waals surface area (Å²) in [7, 11) is 4.37. The van der Waals surface area contributed by atoms with Crippen LogP contribution in [0.3, 0.4) is 0 Å². The summed E-state index contributed by atoms with van der Waals surface area (Å²) in [6.45, 7) is 19.3. The maximum absolute atomic E-state index is 13.0. The van der Waals surface area contributed by atoms with Crippen molar-refractivity contribution in [3.05, 3.63) is 129 Å². The highest BCUT2D eigenvalue weighted by Crippen LogP contribution is 2.55. The normalized spacial score (nSPS) is 27.6. The molecule has 6 fully saturated rings. The van der Waals surface area contributed by atoms with Gasteiger partial charge in [-0.05, 0) is 155 Å². The number of hydrogen-bond acceptors (Lipinski definition) is 18. The maximum atomic E-state index is 13.0. The van der Waals surface area contributed by atoms with Crippen molar-refractivity contribution in [1.82, 2.24) is 48.8 Å². The molecule has 14 rings (SSSR count). The summed E-state index contributed by atoms with van der Waals surface area (Å²) in [6.07, 6.45) is 17.3. The van der Waals surface area contributed by atoms with Crippen molar-refractivity contribution >= 4 is 46.5 Å². The van der Waals surface area contributed by atoms with Crippen LogP contribution < -0.4 is 31.6 Å². The van der Waals surface area contributed by atoms with E-state index in [1.807, 2.05) is 46.1 Å². The first-order chi connectivity index (χ1) is 40.4. The Balaban J connectivity index is 0.000000175. The Labute approximate surface area is 495 Å². The average Bonchev–Trinajstić information content (AvgIpc) is 1.62. The second-order valence-corrected chi connectivity index (χ2v) is 26.4. The standard InChI is InChI=1S/2C32H41N7O3.2H2/c2*1-31(2)18-26-32(3,20-42-31)23-19-33-30(34-21-10-14-38(28(40)17-21)22-11-15-41-16-12-22)36-29(23)39(26)27-9-5-7-24(35-27)25-8-6-13-37(25)4;;/h2*5,7,9-10,14,17,19,22,25-26H,6,8,11-13,15-16,18,20H2,1-4H3,(H,33,34,36);2*1H/t25-,26+,32+;25-,26-,32-;;/m01../s1. The van der Waals surface area contributed by atoms with Crippen LogP contribution in [0.4, 0.5) is 46.5 Å². The average molecular weight is 1150 g/mol. The largest absolute Gasteiger partial charge is 0.381 e. The van der Waals surface area contributed by atoms with E-state index < -0.39 is 0 Å². The third-order valence-electron chi connectivity index (χ3n) is 19.5. The molecule has 448 valence electrons. The van der Waals surface area contributed by atoms with Gasteiger partial charge < -0.3 is 48.5 Å². The van der Waals surface area contributed by atoms with Crippen LogP contribution in [0.15, 0.2) is 95.0 Å². The van der Waals surface area contributed by atoms with Gasteiger partial charge in [-0.15, -0.1) is 0 Å². The summed E-state index contributed by atoms with van der Waals surface area (Å²) in [5, 5.41) is 6.61. The molecule has 8 aliphatic rings. The molecule has 6 atom stereocenters. The fourth-order valence-corrected chi connectivity index (χ4v) is 14.5. The quantitative estimate of drug-likeness (QED) is 0.131. The summed E-state index contributed by atoms with van der Waals surface area (Å²) in [5.74, 6) is 4.42. The summed E-state index contributed by atoms with van der Waals surface area (Å²) in [4.78, 5) is 65.5. The molecular weight excluding hydrogens is 1060 g/mol. The molecule has 6 saturated heterocycles. The molecule has 84 heavy (non-hydrogen) atoms. The molecule has 14 heterocycles. The number of nitrogens with zero attached hydrogens (tertiary/aromatic N) is 12. The fourth-order valence-electron chi connectivity index (χ4n) is 14.5. The van der Waals surface area contributed by atoms with E-state index in [1.54, 1.807) is 12.1 Å². The number of fused-ring (bicyclic) bond motifs is 6. The van der Waals surface area contributed by atoms with Gasteiger partial charge in [0.15, 0.2) is 0 Å². The van der Waals surface area contributed by atoms with Gasteiger partial charge in [-0.3, -0.25) is 19.4 Å². The molecule has 0 unspecified atom stereocenters. The number of hydrogen-bond donors (Lipinski definition) is 2. The summed E-state index contributed by atoms with van der Waals surface area (Å²) in [5.41, 5.74) is 4.50. The predicted molar refractivity (Wildman–Crippen MR) is 328 cm³/mol. The molecule has 0 amide bonds. The number of anilines is 8. The Hall–Kier alpha value is -6.68. The summed E-state index contributed by atoms with van der Waals surface area (Å²) >= 11 is 0. The third kappa shape index (κ3) is 10.7. The zero-order valence-corrected chi connectivity index (χ0v) is 50.1. The molecule has 8 aliphatic heterocycles. The van der Waals surface area contributed by atoms with Crippen LogP contribution in [0.25, 0.3) is 0 Å². The van der Waals surface area contributed by atoms with E-state index in [1.165, 1.54) is 12.8 Å². The van der Waals surface area contributed by atoms with Crippen LogP contribution >= 0.6 is 0 Å². The molecule has 6 aromatic heterocycles. The van der Waals surface area contributed by atoms with Gasteiger partial charge in [0.05, 0.1) is 60.0 Å². The van der Waals surface area contributed by atoms with Crippen LogP contribution in [0.5, 0.6) is 0 Å². The molecule has 2 N–H and O–H groups in total. The van der Waals surface area contributed by atoms with E-state index in [9.17, 15) is 9.59 Å². The smallest absolute Gasteiger partial charge is 0.252 e. The minimum atomic E-state index is -0.282. The van der Waals surface area contributed by atoms with Crippen molar-refractivity contribution in [3.8, 4) is 0 Å². The van der Waals surface area contributed by atoms with Gasteiger partial charge in [0, 0.05) is 112 Å². The molecule has 20 nitrogen and oxygen atoms in total. The van der Waals surface area contributed by atoms with Crippen molar-refractivity contribution < 1.29 is 21.8 Å². The van der Waals surface area contributed by atoms with Gasteiger partial charge >= 0.3 is 0 Å². The second-order valence-electron chi connectivity index (χ2n) is 26.4. The van der Waals surface area contributed by atoms with Gasteiger partial charge in [0.2, 0.25) is 11.9 Å². The van der Waals surface area contributed by atoms with Crippen molar-refractivity contribution in [1.29, 1.82) is 0 Å². The van der Waals surface area contributed by atoms with Crippen LogP contribution in [-0.2, 0) is 29.8 Å². The van der Waals surface area contributed by atoms with E-state index in [2.05, 4.69) is 122 Å². The number of ether oxygens (including phenoxy) is 4. The van der Waals surface area contributed by atoms with Crippen molar-refractivity contribution in [2.24, 2.45) is 0 Å². The van der Waals surface area contributed by atoms with E-state index >= 15 is 0 Å². The van der Waals surface area contributed by atoms with Crippen LogP contribution in [0.1, 0.15) is 155 Å². The molecule has 0 aromatic carbocycles. The molecule has 6 aromatic rings.